The predicted molar refractivity (Wildman–Crippen MR) is 138 cm³/mol. The van der Waals surface area contributed by atoms with Crippen LogP contribution in [0.3, 0.4) is 0 Å². The molecule has 0 saturated heterocycles. The van der Waals surface area contributed by atoms with Gasteiger partial charge in [0, 0.05) is 6.08 Å². The lowest BCUT2D eigenvalue weighted by Gasteiger charge is -2.10. The fraction of sp³-hybridized carbons (Fsp3) is 0.241. The summed E-state index contributed by atoms with van der Waals surface area (Å²) in [5.74, 6) is 1.28. The molecule has 3 aromatic rings. The van der Waals surface area contributed by atoms with E-state index in [0.717, 1.165) is 17.2 Å². The van der Waals surface area contributed by atoms with Gasteiger partial charge in [-0.3, -0.25) is 0 Å². The smallest absolute Gasteiger partial charge is 0.337 e. The molecule has 0 atom stereocenters. The molecular formula is C29H30O8. The Kier molecular flexibility index (Phi) is 11.2. The minimum atomic E-state index is -0.465. The molecule has 0 spiro atoms. The van der Waals surface area contributed by atoms with Crippen LogP contribution in [0.1, 0.15) is 10.4 Å². The number of hydrogen-bond donors (Lipinski definition) is 0. The fourth-order valence-electron chi connectivity index (χ4n) is 3.17. The number of ether oxygens (including phenoxy) is 6. The van der Waals surface area contributed by atoms with Gasteiger partial charge in [-0.05, 0) is 59.7 Å². The van der Waals surface area contributed by atoms with Gasteiger partial charge >= 0.3 is 11.9 Å². The molecule has 0 bridgehead atoms. The number of carbonyl (C=O) groups excluding carboxylic acids is 2. The summed E-state index contributed by atoms with van der Waals surface area (Å²) in [6, 6.07) is 22.3. The summed E-state index contributed by atoms with van der Waals surface area (Å²) in [4.78, 5) is 22.5. The Morgan fingerprint density at radius 1 is 0.676 bits per heavy atom. The summed E-state index contributed by atoms with van der Waals surface area (Å²) in [6.07, 6.45) is 1.11. The van der Waals surface area contributed by atoms with Crippen molar-refractivity contribution in [3.63, 3.8) is 0 Å². The molecule has 0 N–H and O–H groups in total. The third-order valence-electron chi connectivity index (χ3n) is 5.06. The molecule has 0 aliphatic carbocycles. The minimum Gasteiger partial charge on any atom is -0.491 e. The van der Waals surface area contributed by atoms with Gasteiger partial charge in [0.25, 0.3) is 0 Å². The zero-order valence-corrected chi connectivity index (χ0v) is 20.7. The maximum atomic E-state index is 11.6. The Morgan fingerprint density at radius 2 is 1.16 bits per heavy atom. The van der Waals surface area contributed by atoms with E-state index in [9.17, 15) is 9.59 Å². The van der Waals surface area contributed by atoms with E-state index in [2.05, 4.69) is 6.58 Å². The monoisotopic (exact) mass is 506 g/mol. The second kappa shape index (κ2) is 15.1. The lowest BCUT2D eigenvalue weighted by molar-refractivity contribution is -0.139. The zero-order valence-electron chi connectivity index (χ0n) is 20.7. The van der Waals surface area contributed by atoms with Crippen molar-refractivity contribution >= 4 is 11.9 Å². The Balaban J connectivity index is 1.33. The number of benzene rings is 3. The first-order valence-electron chi connectivity index (χ1n) is 11.7. The highest BCUT2D eigenvalue weighted by molar-refractivity contribution is 5.90. The quantitative estimate of drug-likeness (QED) is 0.160. The Hall–Kier alpha value is -4.14. The van der Waals surface area contributed by atoms with Crippen molar-refractivity contribution in [3.05, 3.63) is 91.0 Å². The number of esters is 2. The molecule has 0 saturated carbocycles. The molecule has 0 aliphatic heterocycles. The van der Waals surface area contributed by atoms with E-state index in [1.54, 1.807) is 12.1 Å². The number of hydrogen-bond acceptors (Lipinski definition) is 8. The summed E-state index contributed by atoms with van der Waals surface area (Å²) < 4.78 is 31.9. The summed E-state index contributed by atoms with van der Waals surface area (Å²) in [5.41, 5.74) is 2.51. The van der Waals surface area contributed by atoms with Crippen LogP contribution >= 0.6 is 0 Å². The first-order chi connectivity index (χ1) is 18.1. The van der Waals surface area contributed by atoms with E-state index < -0.39 is 5.97 Å². The van der Waals surface area contributed by atoms with Crippen LogP contribution in [0, 0.1) is 0 Å². The van der Waals surface area contributed by atoms with Crippen LogP contribution in [-0.4, -0.2) is 58.7 Å². The largest absolute Gasteiger partial charge is 0.491 e. The average Bonchev–Trinajstić information content (AvgIpc) is 2.94. The summed E-state index contributed by atoms with van der Waals surface area (Å²) in [5, 5.41) is 0. The van der Waals surface area contributed by atoms with Crippen LogP contribution in [0.2, 0.25) is 0 Å². The van der Waals surface area contributed by atoms with Crippen LogP contribution < -0.4 is 9.47 Å². The van der Waals surface area contributed by atoms with Crippen molar-refractivity contribution in [2.75, 3.05) is 46.8 Å². The molecule has 0 heterocycles. The van der Waals surface area contributed by atoms with Gasteiger partial charge in [0.15, 0.2) is 0 Å². The Morgan fingerprint density at radius 3 is 1.73 bits per heavy atom. The average molecular weight is 507 g/mol. The van der Waals surface area contributed by atoms with Gasteiger partial charge in [0.1, 0.15) is 30.5 Å². The Bertz CT molecular complexity index is 1120. The molecule has 194 valence electrons. The minimum absolute atomic E-state index is 0.188. The molecule has 0 unspecified atom stereocenters. The van der Waals surface area contributed by atoms with E-state index >= 15 is 0 Å². The van der Waals surface area contributed by atoms with Gasteiger partial charge in [-0.15, -0.1) is 0 Å². The van der Waals surface area contributed by atoms with Crippen LogP contribution in [0.25, 0.3) is 11.1 Å². The van der Waals surface area contributed by atoms with E-state index in [1.807, 2.05) is 60.7 Å². The van der Waals surface area contributed by atoms with Gasteiger partial charge < -0.3 is 28.4 Å². The fourth-order valence-corrected chi connectivity index (χ4v) is 3.17. The van der Waals surface area contributed by atoms with Crippen LogP contribution in [0.4, 0.5) is 0 Å². The van der Waals surface area contributed by atoms with E-state index in [-0.39, 0.29) is 12.6 Å². The van der Waals surface area contributed by atoms with Crippen molar-refractivity contribution in [2.24, 2.45) is 0 Å². The zero-order chi connectivity index (χ0) is 26.3. The summed E-state index contributed by atoms with van der Waals surface area (Å²) in [7, 11) is 1.36. The molecule has 0 fully saturated rings. The van der Waals surface area contributed by atoms with Crippen molar-refractivity contribution in [1.29, 1.82) is 0 Å². The van der Waals surface area contributed by atoms with Crippen molar-refractivity contribution in [2.45, 2.75) is 0 Å². The lowest BCUT2D eigenvalue weighted by atomic mass is 10.0. The first-order valence-corrected chi connectivity index (χ1v) is 11.7. The Labute approximate surface area is 216 Å². The molecule has 3 rings (SSSR count). The molecule has 0 aliphatic rings. The normalized spacial score (nSPS) is 10.4. The third-order valence-corrected chi connectivity index (χ3v) is 5.06. The highest BCUT2D eigenvalue weighted by Crippen LogP contribution is 2.27. The third kappa shape index (κ3) is 9.44. The topological polar surface area (TPSA) is 89.5 Å². The molecule has 37 heavy (non-hydrogen) atoms. The maximum absolute atomic E-state index is 11.6. The van der Waals surface area contributed by atoms with Crippen molar-refractivity contribution < 1.29 is 38.0 Å². The van der Waals surface area contributed by atoms with Crippen molar-refractivity contribution in [1.82, 2.24) is 0 Å². The number of methoxy groups -OCH3 is 1. The van der Waals surface area contributed by atoms with Gasteiger partial charge in [-0.25, -0.2) is 9.59 Å². The maximum Gasteiger partial charge on any atom is 0.337 e. The van der Waals surface area contributed by atoms with Gasteiger partial charge in [-0.1, -0.05) is 30.8 Å². The van der Waals surface area contributed by atoms with E-state index in [0.29, 0.717) is 55.8 Å². The molecule has 8 heteroatoms. The SMILES string of the molecule is C=CC(=O)OCCOCCOCCOc1ccc(Oc2ccc(-c3ccc(C(=O)OC)cc3)cc2)cc1. The summed E-state index contributed by atoms with van der Waals surface area (Å²) in [6.45, 7) is 5.46. The van der Waals surface area contributed by atoms with E-state index in [1.165, 1.54) is 7.11 Å². The number of rotatable bonds is 15. The van der Waals surface area contributed by atoms with Gasteiger partial charge in [0.05, 0.1) is 39.1 Å². The molecule has 0 radical (unpaired) electrons. The second-order valence-electron chi connectivity index (χ2n) is 7.61. The highest BCUT2D eigenvalue weighted by atomic mass is 16.6. The standard InChI is InChI=1S/C29H30O8/c1-3-28(30)36-21-19-34-17-16-33-18-20-35-25-12-14-27(15-13-25)37-26-10-8-23(9-11-26)22-4-6-24(7-5-22)29(31)32-2/h3-15H,1,16-21H2,2H3. The molecule has 0 amide bonds. The molecular weight excluding hydrogens is 476 g/mol. The highest BCUT2D eigenvalue weighted by Gasteiger charge is 2.06. The van der Waals surface area contributed by atoms with Crippen LogP contribution in [-0.2, 0) is 23.7 Å². The second-order valence-corrected chi connectivity index (χ2v) is 7.61. The number of carbonyl (C=O) groups is 2. The molecule has 8 nitrogen and oxygen atoms in total. The van der Waals surface area contributed by atoms with Gasteiger partial charge in [-0.2, -0.15) is 0 Å². The molecule has 0 aromatic heterocycles. The summed E-state index contributed by atoms with van der Waals surface area (Å²) >= 11 is 0. The molecule has 3 aromatic carbocycles. The first kappa shape index (κ1) is 27.4. The lowest BCUT2D eigenvalue weighted by Crippen LogP contribution is -2.13. The van der Waals surface area contributed by atoms with Crippen LogP contribution in [0.15, 0.2) is 85.5 Å². The van der Waals surface area contributed by atoms with Gasteiger partial charge in [0.2, 0.25) is 0 Å². The predicted octanol–water partition coefficient (Wildman–Crippen LogP) is 5.07. The van der Waals surface area contributed by atoms with E-state index in [4.69, 9.17) is 28.4 Å². The van der Waals surface area contributed by atoms with Crippen LogP contribution in [0.5, 0.6) is 17.2 Å². The van der Waals surface area contributed by atoms with Crippen molar-refractivity contribution in [3.8, 4) is 28.4 Å².